The molecule has 0 amide bonds. The van der Waals surface area contributed by atoms with E-state index in [1.807, 2.05) is 18.5 Å². The van der Waals surface area contributed by atoms with Crippen LogP contribution in [0.15, 0.2) is 24.5 Å². The molecule has 2 atom stereocenters. The summed E-state index contributed by atoms with van der Waals surface area (Å²) < 4.78 is 7.67. The minimum atomic E-state index is 0.395. The fraction of sp³-hybridized carbons (Fsp3) is 0.462. The highest BCUT2D eigenvalue weighted by atomic mass is 16.5. The Labute approximate surface area is 100 Å². The number of nitrogens with two attached hydrogens (primary N) is 1. The van der Waals surface area contributed by atoms with E-state index in [1.165, 1.54) is 5.52 Å². The molecule has 0 radical (unpaired) electrons. The predicted molar refractivity (Wildman–Crippen MR) is 67.8 cm³/mol. The number of ether oxygens (including phenoxy) is 1. The summed E-state index contributed by atoms with van der Waals surface area (Å²) in [5, 5.41) is 0. The first-order chi connectivity index (χ1) is 8.28. The van der Waals surface area contributed by atoms with Crippen LogP contribution in [0.25, 0.3) is 11.0 Å². The van der Waals surface area contributed by atoms with E-state index >= 15 is 0 Å². The second-order valence-corrected chi connectivity index (χ2v) is 4.72. The number of nitrogen functional groups attached to an aromatic ring is 1. The van der Waals surface area contributed by atoms with Gasteiger partial charge in [0.1, 0.15) is 0 Å². The molecule has 1 aromatic carbocycles. The van der Waals surface area contributed by atoms with E-state index in [2.05, 4.69) is 15.6 Å². The van der Waals surface area contributed by atoms with Crippen LogP contribution in [0.5, 0.6) is 0 Å². The van der Waals surface area contributed by atoms with Gasteiger partial charge in [-0.15, -0.1) is 0 Å². The van der Waals surface area contributed by atoms with Crippen molar-refractivity contribution in [2.45, 2.75) is 31.4 Å². The van der Waals surface area contributed by atoms with Crippen molar-refractivity contribution in [3.8, 4) is 0 Å². The lowest BCUT2D eigenvalue weighted by atomic mass is 10.2. The minimum absolute atomic E-state index is 0.395. The van der Waals surface area contributed by atoms with E-state index in [-0.39, 0.29) is 0 Å². The Hall–Kier alpha value is -1.55. The van der Waals surface area contributed by atoms with Crippen molar-refractivity contribution in [2.24, 2.45) is 0 Å². The lowest BCUT2D eigenvalue weighted by Crippen LogP contribution is -2.08. The number of hydrogen-bond acceptors (Lipinski definition) is 3. The molecule has 0 saturated heterocycles. The smallest absolute Gasteiger partial charge is 0.0960 e. The van der Waals surface area contributed by atoms with Gasteiger partial charge in [0.2, 0.25) is 0 Å². The molecule has 2 N–H and O–H groups in total. The van der Waals surface area contributed by atoms with E-state index in [9.17, 15) is 0 Å². The summed E-state index contributed by atoms with van der Waals surface area (Å²) in [6.45, 7) is 0. The number of rotatable bonds is 2. The monoisotopic (exact) mass is 231 g/mol. The Balaban J connectivity index is 1.96. The largest absolute Gasteiger partial charge is 0.399 e. The molecule has 1 aliphatic carbocycles. The van der Waals surface area contributed by atoms with Crippen LogP contribution in [0.4, 0.5) is 5.69 Å². The molecule has 0 aliphatic heterocycles. The van der Waals surface area contributed by atoms with Crippen LogP contribution in [0.3, 0.4) is 0 Å². The molecule has 4 nitrogen and oxygen atoms in total. The lowest BCUT2D eigenvalue weighted by molar-refractivity contribution is 0.106. The number of nitrogens with zero attached hydrogens (tertiary/aromatic N) is 2. The second kappa shape index (κ2) is 4.04. The topological polar surface area (TPSA) is 53.1 Å². The van der Waals surface area contributed by atoms with Gasteiger partial charge in [0.05, 0.1) is 23.5 Å². The maximum absolute atomic E-state index is 5.76. The summed E-state index contributed by atoms with van der Waals surface area (Å²) in [6, 6.07) is 6.42. The van der Waals surface area contributed by atoms with E-state index in [1.54, 1.807) is 7.11 Å². The highest BCUT2D eigenvalue weighted by Gasteiger charge is 2.26. The van der Waals surface area contributed by atoms with Crippen LogP contribution in [-0.2, 0) is 4.74 Å². The van der Waals surface area contributed by atoms with Crippen LogP contribution in [-0.4, -0.2) is 22.8 Å². The molecular formula is C13H17N3O. The molecule has 4 heteroatoms. The Kier molecular flexibility index (Phi) is 2.52. The Morgan fingerprint density at radius 1 is 1.41 bits per heavy atom. The highest BCUT2D eigenvalue weighted by Crippen LogP contribution is 2.33. The van der Waals surface area contributed by atoms with Crippen LogP contribution in [0.2, 0.25) is 0 Å². The summed E-state index contributed by atoms with van der Waals surface area (Å²) >= 11 is 0. The van der Waals surface area contributed by atoms with Gasteiger partial charge in [-0.1, -0.05) is 0 Å². The average Bonchev–Trinajstić information content (AvgIpc) is 2.93. The van der Waals surface area contributed by atoms with Crippen molar-refractivity contribution >= 4 is 16.7 Å². The van der Waals surface area contributed by atoms with Gasteiger partial charge in [-0.3, -0.25) is 0 Å². The summed E-state index contributed by atoms with van der Waals surface area (Å²) in [7, 11) is 1.79. The zero-order chi connectivity index (χ0) is 11.8. The van der Waals surface area contributed by atoms with Crippen molar-refractivity contribution in [1.82, 2.24) is 9.55 Å². The van der Waals surface area contributed by atoms with E-state index < -0.39 is 0 Å². The molecule has 1 heterocycles. The number of imidazole rings is 1. The normalized spacial score (nSPS) is 24.5. The molecule has 17 heavy (non-hydrogen) atoms. The van der Waals surface area contributed by atoms with Gasteiger partial charge >= 0.3 is 0 Å². The van der Waals surface area contributed by atoms with Crippen molar-refractivity contribution in [3.63, 3.8) is 0 Å². The third kappa shape index (κ3) is 1.78. The van der Waals surface area contributed by atoms with E-state index in [4.69, 9.17) is 10.5 Å². The Bertz CT molecular complexity index is 534. The van der Waals surface area contributed by atoms with Crippen LogP contribution >= 0.6 is 0 Å². The van der Waals surface area contributed by atoms with Gasteiger partial charge in [0, 0.05) is 18.8 Å². The molecule has 1 saturated carbocycles. The maximum atomic E-state index is 5.76. The zero-order valence-corrected chi connectivity index (χ0v) is 9.97. The molecule has 1 aliphatic rings. The van der Waals surface area contributed by atoms with Crippen molar-refractivity contribution in [1.29, 1.82) is 0 Å². The Morgan fingerprint density at radius 3 is 3.06 bits per heavy atom. The molecule has 0 spiro atoms. The quantitative estimate of drug-likeness (QED) is 0.807. The van der Waals surface area contributed by atoms with Crippen LogP contribution in [0, 0.1) is 0 Å². The number of hydrogen-bond donors (Lipinski definition) is 1. The minimum Gasteiger partial charge on any atom is -0.399 e. The number of benzene rings is 1. The van der Waals surface area contributed by atoms with E-state index in [0.29, 0.717) is 12.1 Å². The van der Waals surface area contributed by atoms with Crippen molar-refractivity contribution in [3.05, 3.63) is 24.5 Å². The first kappa shape index (κ1) is 10.6. The summed E-state index contributed by atoms with van der Waals surface area (Å²) in [5.74, 6) is 0. The third-order valence-corrected chi connectivity index (χ3v) is 3.68. The van der Waals surface area contributed by atoms with Crippen molar-refractivity contribution < 1.29 is 4.74 Å². The molecular weight excluding hydrogens is 214 g/mol. The number of fused-ring (bicyclic) bond motifs is 1. The number of anilines is 1. The fourth-order valence-electron chi connectivity index (χ4n) is 2.72. The molecule has 3 rings (SSSR count). The molecule has 0 bridgehead atoms. The average molecular weight is 231 g/mol. The Morgan fingerprint density at radius 2 is 2.29 bits per heavy atom. The summed E-state index contributed by atoms with van der Waals surface area (Å²) in [5.41, 5.74) is 8.67. The first-order valence-electron chi connectivity index (χ1n) is 6.03. The maximum Gasteiger partial charge on any atom is 0.0960 e. The highest BCUT2D eigenvalue weighted by molar-refractivity contribution is 5.79. The SMILES string of the molecule is COC1CCC(n2cnc3cc(N)ccc32)C1. The standard InChI is InChI=1S/C13H17N3O/c1-17-11-4-3-10(7-11)16-8-15-12-6-9(14)2-5-13(12)16/h2,5-6,8,10-11H,3-4,7,14H2,1H3. The van der Waals surface area contributed by atoms with Gasteiger partial charge in [0.25, 0.3) is 0 Å². The third-order valence-electron chi connectivity index (χ3n) is 3.68. The molecule has 2 unspecified atom stereocenters. The fourth-order valence-corrected chi connectivity index (χ4v) is 2.72. The van der Waals surface area contributed by atoms with Crippen LogP contribution < -0.4 is 5.73 Å². The van der Waals surface area contributed by atoms with Gasteiger partial charge in [0.15, 0.2) is 0 Å². The van der Waals surface area contributed by atoms with Gasteiger partial charge in [-0.05, 0) is 37.5 Å². The molecule has 90 valence electrons. The van der Waals surface area contributed by atoms with Gasteiger partial charge in [-0.25, -0.2) is 4.98 Å². The molecule has 1 aromatic heterocycles. The van der Waals surface area contributed by atoms with E-state index in [0.717, 1.165) is 30.5 Å². The zero-order valence-electron chi connectivity index (χ0n) is 9.97. The number of methoxy groups -OCH3 is 1. The summed E-state index contributed by atoms with van der Waals surface area (Å²) in [6.07, 6.45) is 5.69. The second-order valence-electron chi connectivity index (χ2n) is 4.72. The molecule has 1 fully saturated rings. The predicted octanol–water partition coefficient (Wildman–Crippen LogP) is 2.36. The van der Waals surface area contributed by atoms with Crippen molar-refractivity contribution in [2.75, 3.05) is 12.8 Å². The number of aromatic nitrogens is 2. The first-order valence-corrected chi connectivity index (χ1v) is 6.03. The molecule has 2 aromatic rings. The van der Waals surface area contributed by atoms with Gasteiger partial charge in [-0.2, -0.15) is 0 Å². The van der Waals surface area contributed by atoms with Gasteiger partial charge < -0.3 is 15.0 Å². The summed E-state index contributed by atoms with van der Waals surface area (Å²) in [4.78, 5) is 4.42. The lowest BCUT2D eigenvalue weighted by Gasteiger charge is -2.13. The van der Waals surface area contributed by atoms with Crippen LogP contribution in [0.1, 0.15) is 25.3 Å².